The molecule has 1 aliphatic rings. The van der Waals surface area contributed by atoms with Gasteiger partial charge in [0.2, 0.25) is 0 Å². The normalized spacial score (nSPS) is 15.3. The first kappa shape index (κ1) is 13.8. The van der Waals surface area contributed by atoms with Gasteiger partial charge in [-0.3, -0.25) is 0 Å². The van der Waals surface area contributed by atoms with Gasteiger partial charge in [0.25, 0.3) is 0 Å². The molecule has 5 heteroatoms. The van der Waals surface area contributed by atoms with Crippen molar-refractivity contribution in [3.05, 3.63) is 48.3 Å². The fourth-order valence-electron chi connectivity index (χ4n) is 2.65. The number of rotatable bonds is 4. The van der Waals surface area contributed by atoms with E-state index in [9.17, 15) is 0 Å². The minimum absolute atomic E-state index is 0.878. The first-order chi connectivity index (χ1) is 10.4. The van der Waals surface area contributed by atoms with Gasteiger partial charge < -0.3 is 15.1 Å². The Bertz CT molecular complexity index is 564. The van der Waals surface area contributed by atoms with Crippen LogP contribution < -0.4 is 15.1 Å². The molecular formula is C16H21N5. The van der Waals surface area contributed by atoms with E-state index in [4.69, 9.17) is 0 Å². The zero-order valence-electron chi connectivity index (χ0n) is 12.4. The Morgan fingerprint density at radius 3 is 2.33 bits per heavy atom. The summed E-state index contributed by atoms with van der Waals surface area (Å²) in [5.74, 6) is 2.14. The van der Waals surface area contributed by atoms with Crippen molar-refractivity contribution < 1.29 is 0 Å². The number of anilines is 2. The summed E-state index contributed by atoms with van der Waals surface area (Å²) < 4.78 is 0. The zero-order chi connectivity index (χ0) is 14.5. The van der Waals surface area contributed by atoms with Crippen LogP contribution in [0.2, 0.25) is 0 Å². The minimum Gasteiger partial charge on any atom is -0.353 e. The molecule has 1 N–H and O–H groups in total. The van der Waals surface area contributed by atoms with E-state index in [0.717, 1.165) is 44.4 Å². The third kappa shape index (κ3) is 3.31. The van der Waals surface area contributed by atoms with Gasteiger partial charge in [-0.25, -0.2) is 9.97 Å². The standard InChI is InChI=1S/C16H21N5/c1-17-13-14-5-7-19-16(12-14)21-10-8-20(9-11-21)15-4-2-3-6-18-15/h2-7,12,17H,8-11,13H2,1H3. The maximum absolute atomic E-state index is 4.51. The fourth-order valence-corrected chi connectivity index (χ4v) is 2.65. The van der Waals surface area contributed by atoms with Crippen molar-refractivity contribution in [1.82, 2.24) is 15.3 Å². The maximum atomic E-state index is 4.51. The second kappa shape index (κ2) is 6.54. The predicted octanol–water partition coefficient (Wildman–Crippen LogP) is 1.52. The molecule has 0 saturated carbocycles. The van der Waals surface area contributed by atoms with Crippen molar-refractivity contribution in [3.8, 4) is 0 Å². The predicted molar refractivity (Wildman–Crippen MR) is 85.7 cm³/mol. The Morgan fingerprint density at radius 1 is 0.952 bits per heavy atom. The molecule has 21 heavy (non-hydrogen) atoms. The smallest absolute Gasteiger partial charge is 0.128 e. The highest BCUT2D eigenvalue weighted by molar-refractivity contribution is 5.45. The number of aromatic nitrogens is 2. The SMILES string of the molecule is CNCc1ccnc(N2CCN(c3ccccn3)CC2)c1. The Balaban J connectivity index is 1.64. The largest absolute Gasteiger partial charge is 0.353 e. The van der Waals surface area contributed by atoms with Gasteiger partial charge in [0, 0.05) is 45.1 Å². The average molecular weight is 283 g/mol. The molecule has 0 radical (unpaired) electrons. The van der Waals surface area contributed by atoms with Crippen molar-refractivity contribution in [1.29, 1.82) is 0 Å². The monoisotopic (exact) mass is 283 g/mol. The molecule has 1 aliphatic heterocycles. The van der Waals surface area contributed by atoms with Gasteiger partial charge in [-0.05, 0) is 36.9 Å². The van der Waals surface area contributed by atoms with Crippen LogP contribution in [0.25, 0.3) is 0 Å². The average Bonchev–Trinajstić information content (AvgIpc) is 2.56. The molecule has 3 heterocycles. The fraction of sp³-hybridized carbons (Fsp3) is 0.375. The van der Waals surface area contributed by atoms with Crippen LogP contribution in [0.3, 0.4) is 0 Å². The van der Waals surface area contributed by atoms with Crippen molar-refractivity contribution in [2.24, 2.45) is 0 Å². The number of hydrogen-bond donors (Lipinski definition) is 1. The quantitative estimate of drug-likeness (QED) is 0.922. The third-order valence-corrected chi connectivity index (χ3v) is 3.77. The lowest BCUT2D eigenvalue weighted by Gasteiger charge is -2.36. The van der Waals surface area contributed by atoms with E-state index in [1.54, 1.807) is 0 Å². The lowest BCUT2D eigenvalue weighted by atomic mass is 10.2. The first-order valence-electron chi connectivity index (χ1n) is 7.37. The van der Waals surface area contributed by atoms with Crippen LogP contribution in [0.15, 0.2) is 42.7 Å². The molecule has 1 saturated heterocycles. The van der Waals surface area contributed by atoms with Gasteiger partial charge >= 0.3 is 0 Å². The summed E-state index contributed by atoms with van der Waals surface area (Å²) in [7, 11) is 1.96. The molecule has 0 amide bonds. The molecule has 2 aromatic heterocycles. The Hall–Kier alpha value is -2.14. The number of hydrogen-bond acceptors (Lipinski definition) is 5. The van der Waals surface area contributed by atoms with Gasteiger partial charge in [-0.15, -0.1) is 0 Å². The lowest BCUT2D eigenvalue weighted by Crippen LogP contribution is -2.47. The minimum atomic E-state index is 0.878. The molecule has 0 aromatic carbocycles. The molecule has 5 nitrogen and oxygen atoms in total. The molecule has 0 atom stereocenters. The highest BCUT2D eigenvalue weighted by atomic mass is 15.3. The molecule has 2 aromatic rings. The van der Waals surface area contributed by atoms with Crippen molar-refractivity contribution in [2.75, 3.05) is 43.0 Å². The summed E-state index contributed by atoms with van der Waals surface area (Å²) in [6.45, 7) is 4.80. The maximum Gasteiger partial charge on any atom is 0.128 e. The number of nitrogens with one attached hydrogen (secondary N) is 1. The van der Waals surface area contributed by atoms with E-state index in [1.165, 1.54) is 5.56 Å². The summed E-state index contributed by atoms with van der Waals surface area (Å²) in [4.78, 5) is 13.6. The Labute approximate surface area is 125 Å². The van der Waals surface area contributed by atoms with Crippen LogP contribution in [0, 0.1) is 0 Å². The van der Waals surface area contributed by atoms with Crippen LogP contribution >= 0.6 is 0 Å². The molecular weight excluding hydrogens is 262 g/mol. The van der Waals surface area contributed by atoms with E-state index in [2.05, 4.69) is 43.3 Å². The van der Waals surface area contributed by atoms with Gasteiger partial charge in [0.1, 0.15) is 11.6 Å². The highest BCUT2D eigenvalue weighted by Crippen LogP contribution is 2.18. The second-order valence-electron chi connectivity index (χ2n) is 5.21. The van der Waals surface area contributed by atoms with E-state index < -0.39 is 0 Å². The van der Waals surface area contributed by atoms with Crippen molar-refractivity contribution in [3.63, 3.8) is 0 Å². The molecule has 110 valence electrons. The van der Waals surface area contributed by atoms with E-state index >= 15 is 0 Å². The highest BCUT2D eigenvalue weighted by Gasteiger charge is 2.18. The van der Waals surface area contributed by atoms with E-state index in [0.29, 0.717) is 0 Å². The second-order valence-corrected chi connectivity index (χ2v) is 5.21. The summed E-state index contributed by atoms with van der Waals surface area (Å²) in [6, 6.07) is 10.3. The summed E-state index contributed by atoms with van der Waals surface area (Å²) >= 11 is 0. The number of pyridine rings is 2. The lowest BCUT2D eigenvalue weighted by molar-refractivity contribution is 0.641. The van der Waals surface area contributed by atoms with Crippen LogP contribution in [0.1, 0.15) is 5.56 Å². The summed E-state index contributed by atoms with van der Waals surface area (Å²) in [6.07, 6.45) is 3.75. The van der Waals surface area contributed by atoms with Gasteiger partial charge in [-0.1, -0.05) is 6.07 Å². The van der Waals surface area contributed by atoms with Crippen molar-refractivity contribution in [2.45, 2.75) is 6.54 Å². The number of piperazine rings is 1. The molecule has 0 spiro atoms. The zero-order valence-corrected chi connectivity index (χ0v) is 12.4. The third-order valence-electron chi connectivity index (χ3n) is 3.77. The molecule has 1 fully saturated rings. The van der Waals surface area contributed by atoms with Crippen molar-refractivity contribution >= 4 is 11.6 Å². The van der Waals surface area contributed by atoms with Crippen LogP contribution in [0.5, 0.6) is 0 Å². The Morgan fingerprint density at radius 2 is 1.67 bits per heavy atom. The summed E-state index contributed by atoms with van der Waals surface area (Å²) in [5, 5.41) is 3.18. The molecule has 0 bridgehead atoms. The molecule has 0 unspecified atom stereocenters. The van der Waals surface area contributed by atoms with Gasteiger partial charge in [0.05, 0.1) is 0 Å². The van der Waals surface area contributed by atoms with E-state index in [1.807, 2.05) is 31.6 Å². The Kier molecular flexibility index (Phi) is 4.31. The number of nitrogens with zero attached hydrogens (tertiary/aromatic N) is 4. The van der Waals surface area contributed by atoms with Crippen LogP contribution in [-0.2, 0) is 6.54 Å². The molecule has 0 aliphatic carbocycles. The van der Waals surface area contributed by atoms with Gasteiger partial charge in [0.15, 0.2) is 0 Å². The van der Waals surface area contributed by atoms with E-state index in [-0.39, 0.29) is 0 Å². The van der Waals surface area contributed by atoms with Gasteiger partial charge in [-0.2, -0.15) is 0 Å². The van der Waals surface area contributed by atoms with Crippen LogP contribution in [-0.4, -0.2) is 43.2 Å². The first-order valence-corrected chi connectivity index (χ1v) is 7.37. The topological polar surface area (TPSA) is 44.3 Å². The molecule has 3 rings (SSSR count). The van der Waals surface area contributed by atoms with Crippen LogP contribution in [0.4, 0.5) is 11.6 Å². The summed E-state index contributed by atoms with van der Waals surface area (Å²) in [5.41, 5.74) is 1.27.